The molecule has 2 atom stereocenters. The Morgan fingerprint density at radius 2 is 1.82 bits per heavy atom. The van der Waals surface area contributed by atoms with Crippen LogP contribution in [0, 0.1) is 20.8 Å². The third-order valence-corrected chi connectivity index (χ3v) is 6.62. The van der Waals surface area contributed by atoms with Crippen molar-refractivity contribution in [1.82, 2.24) is 4.90 Å². The topological polar surface area (TPSA) is 90.0 Å². The van der Waals surface area contributed by atoms with Crippen LogP contribution in [0.5, 0.6) is 5.75 Å². The molecule has 0 unspecified atom stereocenters. The van der Waals surface area contributed by atoms with E-state index in [1.807, 2.05) is 32.9 Å². The fourth-order valence-electron chi connectivity index (χ4n) is 3.66. The van der Waals surface area contributed by atoms with Gasteiger partial charge in [0.05, 0.1) is 11.5 Å². The van der Waals surface area contributed by atoms with Crippen molar-refractivity contribution in [3.8, 4) is 5.75 Å². The Labute approximate surface area is 166 Å². The van der Waals surface area contributed by atoms with Crippen molar-refractivity contribution in [2.45, 2.75) is 53.2 Å². The fourth-order valence-corrected chi connectivity index (χ4v) is 5.39. The van der Waals surface area contributed by atoms with Crippen molar-refractivity contribution in [2.75, 3.05) is 24.7 Å². The highest BCUT2D eigenvalue weighted by atomic mass is 32.2. The number of likely N-dealkylation sites (N-methyl/N-ethyl adjacent to an activating group) is 1. The van der Waals surface area contributed by atoms with E-state index in [1.165, 1.54) is 11.8 Å². The SMILES string of the molecule is CCN(C(=O)[C@H](C)OC(=O)COc1c(C)cc(C)cc1C)[C@@H]1CCS(=O)(=O)C1. The molecule has 1 fully saturated rings. The average Bonchev–Trinajstić information content (AvgIpc) is 2.94. The van der Waals surface area contributed by atoms with Gasteiger partial charge >= 0.3 is 5.97 Å². The smallest absolute Gasteiger partial charge is 0.344 e. The van der Waals surface area contributed by atoms with E-state index in [9.17, 15) is 18.0 Å². The third kappa shape index (κ3) is 5.47. The maximum Gasteiger partial charge on any atom is 0.344 e. The maximum absolute atomic E-state index is 12.6. The van der Waals surface area contributed by atoms with Crippen LogP contribution in [0.4, 0.5) is 0 Å². The minimum Gasteiger partial charge on any atom is -0.481 e. The van der Waals surface area contributed by atoms with Crippen LogP contribution in [-0.2, 0) is 24.2 Å². The van der Waals surface area contributed by atoms with Crippen LogP contribution in [0.25, 0.3) is 0 Å². The Hall–Kier alpha value is -2.09. The number of aryl methyl sites for hydroxylation is 3. The fraction of sp³-hybridized carbons (Fsp3) is 0.600. The summed E-state index contributed by atoms with van der Waals surface area (Å²) in [6.45, 7) is 9.13. The van der Waals surface area contributed by atoms with E-state index in [4.69, 9.17) is 9.47 Å². The van der Waals surface area contributed by atoms with Crippen molar-refractivity contribution in [3.05, 3.63) is 28.8 Å². The molecule has 0 radical (unpaired) electrons. The molecule has 28 heavy (non-hydrogen) atoms. The number of rotatable bonds is 7. The second-order valence-corrected chi connectivity index (χ2v) is 9.56. The molecule has 1 amide bonds. The number of carbonyl (C=O) groups excluding carboxylic acids is 2. The van der Waals surface area contributed by atoms with Crippen LogP contribution < -0.4 is 4.74 Å². The van der Waals surface area contributed by atoms with Gasteiger partial charge in [0, 0.05) is 12.6 Å². The maximum atomic E-state index is 12.6. The first-order valence-electron chi connectivity index (χ1n) is 9.45. The molecule has 0 N–H and O–H groups in total. The van der Waals surface area contributed by atoms with Gasteiger partial charge in [0.1, 0.15) is 5.75 Å². The lowest BCUT2D eigenvalue weighted by atomic mass is 10.1. The van der Waals surface area contributed by atoms with E-state index < -0.39 is 21.9 Å². The van der Waals surface area contributed by atoms with E-state index in [1.54, 1.807) is 6.92 Å². The summed E-state index contributed by atoms with van der Waals surface area (Å²) in [6, 6.07) is 3.57. The average molecular weight is 412 g/mol. The van der Waals surface area contributed by atoms with Crippen molar-refractivity contribution in [1.29, 1.82) is 0 Å². The molecule has 0 aliphatic carbocycles. The summed E-state index contributed by atoms with van der Waals surface area (Å²) < 4.78 is 34.2. The summed E-state index contributed by atoms with van der Waals surface area (Å²) in [4.78, 5) is 26.3. The predicted molar refractivity (Wildman–Crippen MR) is 106 cm³/mol. The van der Waals surface area contributed by atoms with Gasteiger partial charge in [-0.1, -0.05) is 17.7 Å². The molecule has 1 aromatic carbocycles. The molecule has 1 aliphatic heterocycles. The monoisotopic (exact) mass is 411 g/mol. The van der Waals surface area contributed by atoms with Crippen LogP contribution in [-0.4, -0.2) is 62.0 Å². The van der Waals surface area contributed by atoms with Gasteiger partial charge < -0.3 is 14.4 Å². The van der Waals surface area contributed by atoms with E-state index in [0.717, 1.165) is 16.7 Å². The Morgan fingerprint density at radius 3 is 2.32 bits per heavy atom. The number of esters is 1. The second-order valence-electron chi connectivity index (χ2n) is 7.33. The van der Waals surface area contributed by atoms with Crippen LogP contribution in [0.2, 0.25) is 0 Å². The standard InChI is InChI=1S/C20H29NO6S/c1-6-21(17-7-8-28(24,25)12-17)20(23)16(5)27-18(22)11-26-19-14(3)9-13(2)10-15(19)4/h9-10,16-17H,6-8,11-12H2,1-5H3/t16-,17+/m0/s1. The lowest BCUT2D eigenvalue weighted by molar-refractivity contribution is -0.161. The summed E-state index contributed by atoms with van der Waals surface area (Å²) in [5.41, 5.74) is 2.96. The highest BCUT2D eigenvalue weighted by molar-refractivity contribution is 7.91. The zero-order chi connectivity index (χ0) is 21.1. The predicted octanol–water partition coefficient (Wildman–Crippen LogP) is 1.96. The highest BCUT2D eigenvalue weighted by Crippen LogP contribution is 2.24. The molecule has 156 valence electrons. The third-order valence-electron chi connectivity index (χ3n) is 4.87. The van der Waals surface area contributed by atoms with Crippen LogP contribution in [0.15, 0.2) is 12.1 Å². The van der Waals surface area contributed by atoms with Gasteiger partial charge in [-0.2, -0.15) is 0 Å². The first-order chi connectivity index (χ1) is 13.0. The molecule has 0 spiro atoms. The first kappa shape index (κ1) is 22.2. The zero-order valence-corrected chi connectivity index (χ0v) is 18.0. The summed E-state index contributed by atoms with van der Waals surface area (Å²) in [5.74, 6) is -0.357. The molecule has 0 saturated carbocycles. The summed E-state index contributed by atoms with van der Waals surface area (Å²) >= 11 is 0. The molecule has 1 heterocycles. The minimum atomic E-state index is -3.11. The Morgan fingerprint density at radius 1 is 1.21 bits per heavy atom. The van der Waals surface area contributed by atoms with Gasteiger partial charge in [-0.15, -0.1) is 0 Å². The molecule has 0 bridgehead atoms. The van der Waals surface area contributed by atoms with E-state index in [2.05, 4.69) is 0 Å². The normalized spacial score (nSPS) is 19.1. The van der Waals surface area contributed by atoms with Gasteiger partial charge in [0.15, 0.2) is 22.5 Å². The molecule has 1 aliphatic rings. The molecule has 8 heteroatoms. The Bertz CT molecular complexity index is 825. The lowest BCUT2D eigenvalue weighted by Gasteiger charge is -2.29. The van der Waals surface area contributed by atoms with Gasteiger partial charge in [-0.05, 0) is 52.2 Å². The number of nitrogens with zero attached hydrogens (tertiary/aromatic N) is 1. The first-order valence-corrected chi connectivity index (χ1v) is 11.3. The molecule has 1 saturated heterocycles. The van der Waals surface area contributed by atoms with Gasteiger partial charge in [-0.25, -0.2) is 13.2 Å². The largest absolute Gasteiger partial charge is 0.481 e. The number of hydrogen-bond donors (Lipinski definition) is 0. The molecular formula is C20H29NO6S. The molecular weight excluding hydrogens is 382 g/mol. The summed E-state index contributed by atoms with van der Waals surface area (Å²) in [5, 5.41) is 0. The van der Waals surface area contributed by atoms with Gasteiger partial charge in [0.25, 0.3) is 5.91 Å². The number of hydrogen-bond acceptors (Lipinski definition) is 6. The molecule has 2 rings (SSSR count). The Balaban J connectivity index is 1.93. The number of amides is 1. The van der Waals surface area contributed by atoms with Crippen molar-refractivity contribution in [3.63, 3.8) is 0 Å². The van der Waals surface area contributed by atoms with E-state index in [-0.39, 0.29) is 30.1 Å². The summed E-state index contributed by atoms with van der Waals surface area (Å²) in [7, 11) is -3.11. The van der Waals surface area contributed by atoms with Gasteiger partial charge in [-0.3, -0.25) is 4.79 Å². The number of sulfone groups is 1. The number of benzene rings is 1. The summed E-state index contributed by atoms with van der Waals surface area (Å²) in [6.07, 6.45) is -0.586. The molecule has 1 aromatic rings. The van der Waals surface area contributed by atoms with Crippen LogP contribution >= 0.6 is 0 Å². The quantitative estimate of drug-likeness (QED) is 0.637. The van der Waals surface area contributed by atoms with E-state index >= 15 is 0 Å². The Kier molecular flexibility index (Phi) is 7.09. The van der Waals surface area contributed by atoms with Crippen LogP contribution in [0.1, 0.15) is 37.0 Å². The van der Waals surface area contributed by atoms with E-state index in [0.29, 0.717) is 18.7 Å². The molecule has 0 aromatic heterocycles. The number of ether oxygens (including phenoxy) is 2. The van der Waals surface area contributed by atoms with Gasteiger partial charge in [0.2, 0.25) is 0 Å². The highest BCUT2D eigenvalue weighted by Gasteiger charge is 2.36. The zero-order valence-electron chi connectivity index (χ0n) is 17.1. The van der Waals surface area contributed by atoms with Crippen LogP contribution in [0.3, 0.4) is 0 Å². The van der Waals surface area contributed by atoms with Crippen molar-refractivity contribution < 1.29 is 27.5 Å². The lowest BCUT2D eigenvalue weighted by Crippen LogP contribution is -2.46. The van der Waals surface area contributed by atoms with Crippen molar-refractivity contribution in [2.24, 2.45) is 0 Å². The minimum absolute atomic E-state index is 0.0394. The number of carbonyl (C=O) groups is 2. The second kappa shape index (κ2) is 8.94. The van der Waals surface area contributed by atoms with Crippen molar-refractivity contribution >= 4 is 21.7 Å². The molecule has 7 nitrogen and oxygen atoms in total.